The summed E-state index contributed by atoms with van der Waals surface area (Å²) in [7, 11) is 2.17. The SMILES string of the molecule is CN1CCN(c2ccc(-c3cnc4[nH]cc(-c5ccc(C(=O)N6CC(O)C6)cc5)c4c3)cc2)CC1. The molecular formula is C28H29N5O2. The van der Waals surface area contributed by atoms with E-state index in [4.69, 9.17) is 0 Å². The number of β-amino-alcohol motifs (C(OH)–C–C–N with tert-alkyl or cyclic N) is 1. The van der Waals surface area contributed by atoms with Crippen LogP contribution in [0.4, 0.5) is 5.69 Å². The summed E-state index contributed by atoms with van der Waals surface area (Å²) in [5.41, 5.74) is 7.05. The number of aliphatic hydroxyl groups excluding tert-OH is 1. The van der Waals surface area contributed by atoms with E-state index in [0.717, 1.165) is 59.5 Å². The van der Waals surface area contributed by atoms with Crippen LogP contribution in [0.5, 0.6) is 0 Å². The first-order valence-corrected chi connectivity index (χ1v) is 12.1. The van der Waals surface area contributed by atoms with Gasteiger partial charge in [0.1, 0.15) is 5.65 Å². The van der Waals surface area contributed by atoms with Crippen LogP contribution in [0.2, 0.25) is 0 Å². The lowest BCUT2D eigenvalue weighted by atomic mass is 10.0. The highest BCUT2D eigenvalue weighted by Crippen LogP contribution is 2.32. The standard InChI is InChI=1S/C28H29N5O2/c1-31-10-12-32(13-11-31)23-8-6-19(7-9-23)22-14-25-26(16-30-27(25)29-15-22)20-2-4-21(5-3-20)28(35)33-17-24(34)18-33/h2-9,14-16,24,34H,10-13,17-18H2,1H3,(H,29,30). The number of anilines is 1. The maximum absolute atomic E-state index is 12.5. The molecule has 2 aliphatic rings. The minimum Gasteiger partial charge on any atom is -0.389 e. The van der Waals surface area contributed by atoms with Crippen LogP contribution >= 0.6 is 0 Å². The molecular weight excluding hydrogens is 438 g/mol. The van der Waals surface area contributed by atoms with Gasteiger partial charge in [0.05, 0.1) is 6.10 Å². The van der Waals surface area contributed by atoms with E-state index in [1.807, 2.05) is 36.7 Å². The van der Waals surface area contributed by atoms with E-state index in [2.05, 4.69) is 57.1 Å². The van der Waals surface area contributed by atoms with Crippen LogP contribution in [0.25, 0.3) is 33.3 Å². The van der Waals surface area contributed by atoms with E-state index in [1.54, 1.807) is 4.90 Å². The molecule has 0 atom stereocenters. The minimum absolute atomic E-state index is 0.0373. The van der Waals surface area contributed by atoms with Gasteiger partial charge in [0.2, 0.25) is 0 Å². The second-order valence-electron chi connectivity index (χ2n) is 9.60. The predicted molar refractivity (Wildman–Crippen MR) is 139 cm³/mol. The predicted octanol–water partition coefficient (Wildman–Crippen LogP) is 3.47. The van der Waals surface area contributed by atoms with Crippen LogP contribution in [0.15, 0.2) is 67.0 Å². The number of fused-ring (bicyclic) bond motifs is 1. The molecule has 0 radical (unpaired) electrons. The Bertz CT molecular complexity index is 1350. The fourth-order valence-electron chi connectivity index (χ4n) is 4.93. The number of hydrogen-bond acceptors (Lipinski definition) is 5. The number of piperazine rings is 1. The number of nitrogens with one attached hydrogen (secondary N) is 1. The van der Waals surface area contributed by atoms with Crippen molar-refractivity contribution >= 4 is 22.6 Å². The molecule has 2 N–H and O–H groups in total. The Balaban J connectivity index is 1.24. The maximum atomic E-state index is 12.5. The molecule has 2 saturated heterocycles. The summed E-state index contributed by atoms with van der Waals surface area (Å²) in [6, 6.07) is 18.6. The Kier molecular flexibility index (Phi) is 5.51. The third-order valence-electron chi connectivity index (χ3n) is 7.19. The average Bonchev–Trinajstić information content (AvgIpc) is 3.30. The number of aromatic nitrogens is 2. The molecule has 2 fully saturated rings. The molecule has 2 aromatic carbocycles. The second-order valence-corrected chi connectivity index (χ2v) is 9.60. The van der Waals surface area contributed by atoms with Crippen molar-refractivity contribution in [2.75, 3.05) is 51.2 Å². The number of rotatable bonds is 4. The first-order chi connectivity index (χ1) is 17.0. The normalized spacial score (nSPS) is 17.1. The molecule has 7 nitrogen and oxygen atoms in total. The van der Waals surface area contributed by atoms with E-state index in [-0.39, 0.29) is 5.91 Å². The number of benzene rings is 2. The summed E-state index contributed by atoms with van der Waals surface area (Å²) >= 11 is 0. The highest BCUT2D eigenvalue weighted by atomic mass is 16.3. The lowest BCUT2D eigenvalue weighted by Crippen LogP contribution is -2.53. The molecule has 0 unspecified atom stereocenters. The highest BCUT2D eigenvalue weighted by Gasteiger charge is 2.29. The first kappa shape index (κ1) is 21.8. The fourth-order valence-corrected chi connectivity index (χ4v) is 4.93. The van der Waals surface area contributed by atoms with E-state index in [0.29, 0.717) is 18.7 Å². The van der Waals surface area contributed by atoms with E-state index in [1.165, 1.54) is 5.69 Å². The number of aliphatic hydroxyl groups is 1. The van der Waals surface area contributed by atoms with Crippen molar-refractivity contribution in [1.29, 1.82) is 0 Å². The van der Waals surface area contributed by atoms with Gasteiger partial charge in [-0.2, -0.15) is 0 Å². The quantitative estimate of drug-likeness (QED) is 0.481. The lowest BCUT2D eigenvalue weighted by Gasteiger charge is -2.35. The molecule has 0 spiro atoms. The van der Waals surface area contributed by atoms with Gasteiger partial charge < -0.3 is 24.8 Å². The van der Waals surface area contributed by atoms with E-state index < -0.39 is 6.10 Å². The molecule has 178 valence electrons. The molecule has 2 aromatic heterocycles. The van der Waals surface area contributed by atoms with Crippen LogP contribution in [-0.2, 0) is 0 Å². The molecule has 4 aromatic rings. The molecule has 6 rings (SSSR count). The third-order valence-corrected chi connectivity index (χ3v) is 7.19. The zero-order chi connectivity index (χ0) is 23.9. The zero-order valence-corrected chi connectivity index (χ0v) is 19.8. The Morgan fingerprint density at radius 2 is 1.63 bits per heavy atom. The van der Waals surface area contributed by atoms with Gasteiger partial charge in [-0.25, -0.2) is 4.98 Å². The van der Waals surface area contributed by atoms with Gasteiger partial charge in [0, 0.05) is 79.4 Å². The van der Waals surface area contributed by atoms with Crippen molar-refractivity contribution < 1.29 is 9.90 Å². The number of likely N-dealkylation sites (tertiary alicyclic amines) is 1. The number of amides is 1. The zero-order valence-electron chi connectivity index (χ0n) is 19.8. The number of carbonyl (C=O) groups is 1. The molecule has 0 bridgehead atoms. The molecule has 7 heteroatoms. The van der Waals surface area contributed by atoms with Gasteiger partial charge in [-0.05, 0) is 48.5 Å². The van der Waals surface area contributed by atoms with Gasteiger partial charge in [0.15, 0.2) is 0 Å². The van der Waals surface area contributed by atoms with Crippen LogP contribution in [0.3, 0.4) is 0 Å². The van der Waals surface area contributed by atoms with Gasteiger partial charge >= 0.3 is 0 Å². The smallest absolute Gasteiger partial charge is 0.254 e. The van der Waals surface area contributed by atoms with Crippen molar-refractivity contribution in [3.63, 3.8) is 0 Å². The largest absolute Gasteiger partial charge is 0.389 e. The van der Waals surface area contributed by atoms with Crippen LogP contribution < -0.4 is 4.90 Å². The number of pyridine rings is 1. The van der Waals surface area contributed by atoms with Crippen molar-refractivity contribution in [2.45, 2.75) is 6.10 Å². The minimum atomic E-state index is -0.394. The van der Waals surface area contributed by atoms with E-state index >= 15 is 0 Å². The third kappa shape index (κ3) is 4.17. The Morgan fingerprint density at radius 3 is 2.31 bits per heavy atom. The number of nitrogens with zero attached hydrogens (tertiary/aromatic N) is 4. The Hall–Kier alpha value is -3.68. The van der Waals surface area contributed by atoms with E-state index in [9.17, 15) is 9.90 Å². The summed E-state index contributed by atoms with van der Waals surface area (Å²) in [6.45, 7) is 5.12. The monoisotopic (exact) mass is 467 g/mol. The lowest BCUT2D eigenvalue weighted by molar-refractivity contribution is 0.00590. The van der Waals surface area contributed by atoms with Gasteiger partial charge in [-0.15, -0.1) is 0 Å². The number of carbonyl (C=O) groups excluding carboxylic acids is 1. The highest BCUT2D eigenvalue weighted by molar-refractivity contribution is 5.98. The summed E-state index contributed by atoms with van der Waals surface area (Å²) in [6.07, 6.45) is 3.49. The maximum Gasteiger partial charge on any atom is 0.254 e. The number of H-pyrrole nitrogens is 1. The van der Waals surface area contributed by atoms with Crippen molar-refractivity contribution in [3.8, 4) is 22.3 Å². The number of likely N-dealkylation sites (N-methyl/N-ethyl adjacent to an activating group) is 1. The molecule has 0 saturated carbocycles. The van der Waals surface area contributed by atoms with Crippen LogP contribution in [-0.4, -0.2) is 83.2 Å². The van der Waals surface area contributed by atoms with Crippen LogP contribution in [0, 0.1) is 0 Å². The molecule has 4 heterocycles. The molecule has 0 aliphatic carbocycles. The molecule has 35 heavy (non-hydrogen) atoms. The number of aromatic amines is 1. The molecule has 1 amide bonds. The van der Waals surface area contributed by atoms with Crippen molar-refractivity contribution in [1.82, 2.24) is 19.8 Å². The average molecular weight is 468 g/mol. The summed E-state index contributed by atoms with van der Waals surface area (Å²) in [5.74, 6) is -0.0373. The summed E-state index contributed by atoms with van der Waals surface area (Å²) in [5, 5.41) is 10.5. The molecule has 2 aliphatic heterocycles. The Labute approximate surface area is 204 Å². The van der Waals surface area contributed by atoms with Crippen molar-refractivity contribution in [2.24, 2.45) is 0 Å². The fraction of sp³-hybridized carbons (Fsp3) is 0.286. The van der Waals surface area contributed by atoms with Gasteiger partial charge in [-0.1, -0.05) is 24.3 Å². The number of hydrogen-bond donors (Lipinski definition) is 2. The van der Waals surface area contributed by atoms with Crippen LogP contribution in [0.1, 0.15) is 10.4 Å². The summed E-state index contributed by atoms with van der Waals surface area (Å²) in [4.78, 5) is 26.9. The van der Waals surface area contributed by atoms with Gasteiger partial charge in [0.25, 0.3) is 5.91 Å². The van der Waals surface area contributed by atoms with Gasteiger partial charge in [-0.3, -0.25) is 4.79 Å². The first-order valence-electron chi connectivity index (χ1n) is 12.1. The summed E-state index contributed by atoms with van der Waals surface area (Å²) < 4.78 is 0. The topological polar surface area (TPSA) is 75.7 Å². The Morgan fingerprint density at radius 1 is 0.943 bits per heavy atom. The second kappa shape index (κ2) is 8.83. The van der Waals surface area contributed by atoms with Crippen molar-refractivity contribution in [3.05, 3.63) is 72.6 Å².